The average Bonchev–Trinajstić information content (AvgIpc) is 2.29. The summed E-state index contributed by atoms with van der Waals surface area (Å²) in [6, 6.07) is 0. The highest BCUT2D eigenvalue weighted by Gasteiger charge is 2.27. The number of carbonyl (C=O) groups is 2. The topological polar surface area (TPSA) is 69.6 Å². The molecule has 1 rings (SSSR count). The summed E-state index contributed by atoms with van der Waals surface area (Å²) in [6.45, 7) is 4.24. The van der Waals surface area contributed by atoms with Gasteiger partial charge < -0.3 is 15.3 Å². The molecule has 0 aromatic heterocycles. The zero-order valence-electron chi connectivity index (χ0n) is 9.74. The van der Waals surface area contributed by atoms with Crippen molar-refractivity contribution in [3.63, 3.8) is 0 Å². The van der Waals surface area contributed by atoms with Crippen LogP contribution in [0.1, 0.15) is 26.2 Å². The van der Waals surface area contributed by atoms with Gasteiger partial charge in [0.05, 0.1) is 12.5 Å². The second kappa shape index (κ2) is 6.48. The van der Waals surface area contributed by atoms with Gasteiger partial charge >= 0.3 is 5.97 Å². The van der Waals surface area contributed by atoms with Crippen LogP contribution in [0.3, 0.4) is 0 Å². The van der Waals surface area contributed by atoms with Gasteiger partial charge in [0.2, 0.25) is 5.91 Å². The van der Waals surface area contributed by atoms with E-state index in [1.54, 1.807) is 4.90 Å². The summed E-state index contributed by atoms with van der Waals surface area (Å²) in [7, 11) is 0. The molecule has 1 saturated heterocycles. The summed E-state index contributed by atoms with van der Waals surface area (Å²) in [5.41, 5.74) is 0. The van der Waals surface area contributed by atoms with Gasteiger partial charge in [-0.05, 0) is 25.8 Å². The van der Waals surface area contributed by atoms with Gasteiger partial charge in [-0.2, -0.15) is 0 Å². The lowest BCUT2D eigenvalue weighted by molar-refractivity contribution is -0.145. The summed E-state index contributed by atoms with van der Waals surface area (Å²) < 4.78 is 0. The van der Waals surface area contributed by atoms with Gasteiger partial charge in [0, 0.05) is 13.1 Å². The molecule has 1 aliphatic heterocycles. The third-order valence-electron chi connectivity index (χ3n) is 2.83. The van der Waals surface area contributed by atoms with Crippen molar-refractivity contribution >= 4 is 11.9 Å². The van der Waals surface area contributed by atoms with Gasteiger partial charge in [-0.1, -0.05) is 6.92 Å². The molecular weight excluding hydrogens is 208 g/mol. The van der Waals surface area contributed by atoms with Crippen LogP contribution in [0.5, 0.6) is 0 Å². The maximum atomic E-state index is 11.7. The van der Waals surface area contributed by atoms with E-state index in [1.165, 1.54) is 0 Å². The quantitative estimate of drug-likeness (QED) is 0.664. The molecule has 2 N–H and O–H groups in total. The summed E-state index contributed by atoms with van der Waals surface area (Å²) in [5.74, 6) is -1.16. The van der Waals surface area contributed by atoms with E-state index in [4.69, 9.17) is 5.11 Å². The largest absolute Gasteiger partial charge is 0.481 e. The Morgan fingerprint density at radius 3 is 2.88 bits per heavy atom. The molecule has 16 heavy (non-hydrogen) atoms. The van der Waals surface area contributed by atoms with Crippen LogP contribution in [-0.4, -0.2) is 48.1 Å². The van der Waals surface area contributed by atoms with Crippen LogP contribution >= 0.6 is 0 Å². The maximum Gasteiger partial charge on any atom is 0.308 e. The molecule has 1 aliphatic rings. The van der Waals surface area contributed by atoms with E-state index < -0.39 is 5.97 Å². The van der Waals surface area contributed by atoms with E-state index in [0.717, 1.165) is 19.4 Å². The molecule has 0 saturated carbocycles. The predicted octanol–water partition coefficient (Wildman–Crippen LogP) is 0.309. The molecule has 5 nitrogen and oxygen atoms in total. The molecule has 0 radical (unpaired) electrons. The fraction of sp³-hybridized carbons (Fsp3) is 0.818. The number of carboxylic acids is 1. The van der Waals surface area contributed by atoms with E-state index in [0.29, 0.717) is 26.1 Å². The van der Waals surface area contributed by atoms with Gasteiger partial charge in [-0.15, -0.1) is 0 Å². The molecule has 1 amide bonds. The zero-order valence-corrected chi connectivity index (χ0v) is 9.74. The number of nitrogens with zero attached hydrogens (tertiary/aromatic N) is 1. The molecule has 0 aliphatic carbocycles. The van der Waals surface area contributed by atoms with Crippen LogP contribution in [0.4, 0.5) is 0 Å². The summed E-state index contributed by atoms with van der Waals surface area (Å²) in [4.78, 5) is 24.2. The molecule has 1 atom stereocenters. The Kier molecular flexibility index (Phi) is 5.25. The molecule has 1 heterocycles. The Labute approximate surface area is 95.8 Å². The summed E-state index contributed by atoms with van der Waals surface area (Å²) >= 11 is 0. The lowest BCUT2D eigenvalue weighted by Crippen LogP contribution is -2.45. The standard InChI is InChI=1S/C11H20N2O3/c1-2-5-12-7-10(14)13-6-3-4-9(8-13)11(15)16/h9,12H,2-8H2,1H3,(H,15,16)/t9-/m0/s1. The number of carboxylic acid groups (broad SMARTS) is 1. The molecule has 5 heteroatoms. The first kappa shape index (κ1) is 13.0. The van der Waals surface area contributed by atoms with Crippen molar-refractivity contribution in [2.75, 3.05) is 26.2 Å². The van der Waals surface area contributed by atoms with E-state index in [-0.39, 0.29) is 11.8 Å². The number of carbonyl (C=O) groups excluding carboxylic acids is 1. The number of likely N-dealkylation sites (tertiary alicyclic amines) is 1. The molecule has 0 bridgehead atoms. The molecule has 0 spiro atoms. The van der Waals surface area contributed by atoms with Crippen LogP contribution < -0.4 is 5.32 Å². The van der Waals surface area contributed by atoms with Gasteiger partial charge in [0.15, 0.2) is 0 Å². The first-order valence-electron chi connectivity index (χ1n) is 5.86. The number of rotatable bonds is 5. The second-order valence-electron chi connectivity index (χ2n) is 4.19. The zero-order chi connectivity index (χ0) is 12.0. The van der Waals surface area contributed by atoms with Crippen molar-refractivity contribution < 1.29 is 14.7 Å². The van der Waals surface area contributed by atoms with E-state index in [9.17, 15) is 9.59 Å². The minimum atomic E-state index is -0.793. The van der Waals surface area contributed by atoms with Crippen LogP contribution in [0.2, 0.25) is 0 Å². The Morgan fingerprint density at radius 1 is 1.50 bits per heavy atom. The smallest absolute Gasteiger partial charge is 0.308 e. The minimum absolute atomic E-state index is 0.0133. The van der Waals surface area contributed by atoms with Crippen molar-refractivity contribution in [1.29, 1.82) is 0 Å². The SMILES string of the molecule is CCCNCC(=O)N1CCC[C@H](C(=O)O)C1. The fourth-order valence-corrected chi connectivity index (χ4v) is 1.89. The Balaban J connectivity index is 2.35. The van der Waals surface area contributed by atoms with Crippen molar-refractivity contribution in [3.8, 4) is 0 Å². The number of amides is 1. The van der Waals surface area contributed by atoms with Crippen molar-refractivity contribution in [3.05, 3.63) is 0 Å². The van der Waals surface area contributed by atoms with Crippen molar-refractivity contribution in [1.82, 2.24) is 10.2 Å². The molecular formula is C11H20N2O3. The first-order valence-corrected chi connectivity index (χ1v) is 5.86. The number of hydrogen-bond acceptors (Lipinski definition) is 3. The Morgan fingerprint density at radius 2 is 2.25 bits per heavy atom. The predicted molar refractivity (Wildman–Crippen MR) is 60.1 cm³/mol. The highest BCUT2D eigenvalue weighted by Crippen LogP contribution is 2.16. The lowest BCUT2D eigenvalue weighted by Gasteiger charge is -2.30. The fourth-order valence-electron chi connectivity index (χ4n) is 1.89. The molecule has 92 valence electrons. The van der Waals surface area contributed by atoms with Crippen LogP contribution in [0.25, 0.3) is 0 Å². The van der Waals surface area contributed by atoms with Gasteiger partial charge in [0.25, 0.3) is 0 Å². The monoisotopic (exact) mass is 228 g/mol. The number of piperidine rings is 1. The van der Waals surface area contributed by atoms with E-state index in [2.05, 4.69) is 5.32 Å². The van der Waals surface area contributed by atoms with Crippen LogP contribution in [0, 0.1) is 5.92 Å². The van der Waals surface area contributed by atoms with Crippen LogP contribution in [0.15, 0.2) is 0 Å². The molecule has 0 aromatic carbocycles. The first-order chi connectivity index (χ1) is 7.65. The second-order valence-corrected chi connectivity index (χ2v) is 4.19. The molecule has 1 fully saturated rings. The third-order valence-corrected chi connectivity index (χ3v) is 2.83. The average molecular weight is 228 g/mol. The third kappa shape index (κ3) is 3.81. The van der Waals surface area contributed by atoms with Crippen molar-refractivity contribution in [2.24, 2.45) is 5.92 Å². The highest BCUT2D eigenvalue weighted by atomic mass is 16.4. The Hall–Kier alpha value is -1.10. The number of hydrogen-bond donors (Lipinski definition) is 2. The molecule has 0 aromatic rings. The number of nitrogens with one attached hydrogen (secondary N) is 1. The maximum absolute atomic E-state index is 11.7. The van der Waals surface area contributed by atoms with Gasteiger partial charge in [-0.3, -0.25) is 9.59 Å². The summed E-state index contributed by atoms with van der Waals surface area (Å²) in [6.07, 6.45) is 2.46. The summed E-state index contributed by atoms with van der Waals surface area (Å²) in [5, 5.41) is 11.9. The van der Waals surface area contributed by atoms with Crippen molar-refractivity contribution in [2.45, 2.75) is 26.2 Å². The Bertz CT molecular complexity index is 256. The van der Waals surface area contributed by atoms with Gasteiger partial charge in [-0.25, -0.2) is 0 Å². The van der Waals surface area contributed by atoms with Gasteiger partial charge in [0.1, 0.15) is 0 Å². The normalized spacial score (nSPS) is 20.8. The lowest BCUT2D eigenvalue weighted by atomic mass is 9.98. The number of aliphatic carboxylic acids is 1. The van der Waals surface area contributed by atoms with E-state index in [1.807, 2.05) is 6.92 Å². The molecule has 0 unspecified atom stereocenters. The van der Waals surface area contributed by atoms with E-state index >= 15 is 0 Å². The van der Waals surface area contributed by atoms with Crippen LogP contribution in [-0.2, 0) is 9.59 Å². The highest BCUT2D eigenvalue weighted by molar-refractivity contribution is 5.79. The minimum Gasteiger partial charge on any atom is -0.481 e.